The molecule has 0 amide bonds. The molecule has 11 heteroatoms. The number of ether oxygens (including phenoxy) is 1. The summed E-state index contributed by atoms with van der Waals surface area (Å²) in [7, 11) is 0. The number of benzene rings is 2. The van der Waals surface area contributed by atoms with Crippen LogP contribution >= 0.6 is 0 Å². The van der Waals surface area contributed by atoms with Gasteiger partial charge in [0.15, 0.2) is 11.9 Å². The van der Waals surface area contributed by atoms with Crippen LogP contribution in [0.4, 0.5) is 17.6 Å². The van der Waals surface area contributed by atoms with E-state index >= 15 is 8.78 Å². The quantitative estimate of drug-likeness (QED) is 0.418. The van der Waals surface area contributed by atoms with Crippen LogP contribution in [0, 0.1) is 22.5 Å². The van der Waals surface area contributed by atoms with Gasteiger partial charge in [0.2, 0.25) is 0 Å². The number of hydrogen-bond donors (Lipinski definition) is 1. The van der Waals surface area contributed by atoms with Gasteiger partial charge in [-0.1, -0.05) is 18.2 Å². The Kier molecular flexibility index (Phi) is 5.99. The number of likely N-dealkylation sites (tertiary alicyclic amines) is 1. The van der Waals surface area contributed by atoms with Crippen molar-refractivity contribution in [2.75, 3.05) is 19.6 Å². The molecule has 3 aromatic rings. The normalized spacial score (nSPS) is 27.3. The van der Waals surface area contributed by atoms with Crippen molar-refractivity contribution in [2.45, 2.75) is 56.3 Å². The van der Waals surface area contributed by atoms with Gasteiger partial charge >= 0.3 is 0 Å². The van der Waals surface area contributed by atoms with Crippen LogP contribution in [-0.2, 0) is 12.1 Å². The summed E-state index contributed by atoms with van der Waals surface area (Å²) in [5.74, 6) is -5.03. The molecule has 3 aliphatic carbocycles. The maximum absolute atomic E-state index is 16.3. The number of para-hydroxylation sites is 1. The number of aromatic nitrogens is 4. The lowest BCUT2D eigenvalue weighted by Gasteiger charge is -2.74. The van der Waals surface area contributed by atoms with Gasteiger partial charge in [-0.3, -0.25) is 0 Å². The van der Waals surface area contributed by atoms with E-state index in [-0.39, 0.29) is 30.8 Å². The predicted molar refractivity (Wildman–Crippen MR) is 128 cm³/mol. The Morgan fingerprint density at radius 2 is 1.74 bits per heavy atom. The third-order valence-corrected chi connectivity index (χ3v) is 8.60. The van der Waals surface area contributed by atoms with E-state index in [1.165, 1.54) is 0 Å². The maximum Gasteiger partial charge on any atom is 0.287 e. The highest BCUT2D eigenvalue weighted by molar-refractivity contribution is 5.34. The van der Waals surface area contributed by atoms with Gasteiger partial charge in [-0.25, -0.2) is 17.6 Å². The van der Waals surface area contributed by atoms with Crippen LogP contribution in [0.2, 0.25) is 0 Å². The van der Waals surface area contributed by atoms with Crippen LogP contribution in [0.1, 0.15) is 37.7 Å². The van der Waals surface area contributed by atoms with Crippen molar-refractivity contribution in [3.05, 3.63) is 72.1 Å². The van der Waals surface area contributed by atoms with Gasteiger partial charge < -0.3 is 14.7 Å². The van der Waals surface area contributed by atoms with E-state index in [2.05, 4.69) is 20.3 Å². The first-order valence-electron chi connectivity index (χ1n) is 12.8. The topological polar surface area (TPSA) is 76.3 Å². The first kappa shape index (κ1) is 25.2. The van der Waals surface area contributed by atoms with E-state index in [0.717, 1.165) is 54.9 Å². The van der Waals surface area contributed by atoms with Crippen LogP contribution in [-0.4, -0.2) is 61.9 Å². The second-order valence-electron chi connectivity index (χ2n) is 11.2. The minimum absolute atomic E-state index is 0.128. The fraction of sp³-hybridized carbons (Fsp3) is 0.519. The number of piperidine rings is 1. The fourth-order valence-electron chi connectivity index (χ4n) is 6.93. The first-order valence-corrected chi connectivity index (χ1v) is 12.8. The molecule has 1 aromatic heterocycles. The van der Waals surface area contributed by atoms with Gasteiger partial charge in [0.05, 0.1) is 0 Å². The third-order valence-electron chi connectivity index (χ3n) is 8.60. The Hall–Kier alpha value is -3.05. The molecular formula is C27H29F4N5O2. The van der Waals surface area contributed by atoms with Crippen molar-refractivity contribution in [3.8, 4) is 5.75 Å². The minimum Gasteiger partial charge on any atom is -0.490 e. The Labute approximate surface area is 217 Å². The van der Waals surface area contributed by atoms with E-state index in [9.17, 15) is 13.9 Å². The summed E-state index contributed by atoms with van der Waals surface area (Å²) in [5, 5.41) is 22.3. The number of alkyl halides is 2. The molecule has 4 fully saturated rings. The van der Waals surface area contributed by atoms with Gasteiger partial charge in [0.25, 0.3) is 5.92 Å². The molecule has 0 radical (unpaired) electrons. The standard InChI is InChI=1S/C27H29F4N5O2/c28-19-6-7-22(23(29)12-19)26(37,17-36-33-18-32-34-36)27(30,31)25-13-24(14-25,15-25)16-35-10-8-21(9-11-35)38-20-4-2-1-3-5-20/h1-7,12,18,21,37H,8-11,13-17H2. The highest BCUT2D eigenvalue weighted by atomic mass is 19.3. The monoisotopic (exact) mass is 531 g/mol. The molecule has 7 rings (SSSR count). The maximum atomic E-state index is 16.3. The molecule has 2 bridgehead atoms. The van der Waals surface area contributed by atoms with Crippen molar-refractivity contribution >= 4 is 0 Å². The van der Waals surface area contributed by atoms with Gasteiger partial charge in [-0.05, 0) is 67.0 Å². The number of tetrazole rings is 1. The number of aliphatic hydroxyl groups is 1. The summed E-state index contributed by atoms with van der Waals surface area (Å²) in [4.78, 5) is 3.11. The average Bonchev–Trinajstić information content (AvgIpc) is 3.34. The molecule has 7 nitrogen and oxygen atoms in total. The zero-order valence-electron chi connectivity index (χ0n) is 20.7. The van der Waals surface area contributed by atoms with E-state index in [4.69, 9.17) is 4.74 Å². The lowest BCUT2D eigenvalue weighted by Crippen LogP contribution is -2.76. The molecule has 0 spiro atoms. The predicted octanol–water partition coefficient (Wildman–Crippen LogP) is 4.19. The van der Waals surface area contributed by atoms with Crippen LogP contribution in [0.15, 0.2) is 54.9 Å². The summed E-state index contributed by atoms with van der Waals surface area (Å²) in [6.45, 7) is 1.54. The number of hydrogen-bond acceptors (Lipinski definition) is 6. The van der Waals surface area contributed by atoms with Gasteiger partial charge in [-0.15, -0.1) is 10.2 Å². The number of halogens is 4. The highest BCUT2D eigenvalue weighted by Crippen LogP contribution is 2.80. The molecule has 2 heterocycles. The second-order valence-corrected chi connectivity index (χ2v) is 11.2. The molecule has 38 heavy (non-hydrogen) atoms. The Bertz CT molecular complexity index is 1260. The van der Waals surface area contributed by atoms with E-state index in [1.54, 1.807) is 0 Å². The Morgan fingerprint density at radius 3 is 2.37 bits per heavy atom. The minimum atomic E-state index is -3.72. The zero-order valence-corrected chi connectivity index (χ0v) is 20.7. The molecule has 1 N–H and O–H groups in total. The average molecular weight is 532 g/mol. The molecule has 1 saturated heterocycles. The SMILES string of the molecule is OC(Cn1ncnn1)(c1ccc(F)cc1F)C(F)(F)C12CC(CN3CCC(Oc4ccccc4)CC3)(C1)C2. The largest absolute Gasteiger partial charge is 0.490 e. The molecule has 2 aromatic carbocycles. The summed E-state index contributed by atoms with van der Waals surface area (Å²) < 4.78 is 66.9. The third kappa shape index (κ3) is 4.07. The van der Waals surface area contributed by atoms with Crippen molar-refractivity contribution in [2.24, 2.45) is 10.8 Å². The van der Waals surface area contributed by atoms with Gasteiger partial charge in [-0.2, -0.15) is 4.80 Å². The van der Waals surface area contributed by atoms with Gasteiger partial charge in [0, 0.05) is 36.7 Å². The summed E-state index contributed by atoms with van der Waals surface area (Å²) >= 11 is 0. The van der Waals surface area contributed by atoms with Crippen LogP contribution in [0.5, 0.6) is 5.75 Å². The summed E-state index contributed by atoms with van der Waals surface area (Å²) in [6.07, 6.45) is 3.57. The molecular weight excluding hydrogens is 502 g/mol. The smallest absolute Gasteiger partial charge is 0.287 e. The van der Waals surface area contributed by atoms with Crippen LogP contribution in [0.25, 0.3) is 0 Å². The van der Waals surface area contributed by atoms with Crippen molar-refractivity contribution in [3.63, 3.8) is 0 Å². The van der Waals surface area contributed by atoms with Crippen LogP contribution in [0.3, 0.4) is 0 Å². The van der Waals surface area contributed by atoms with Crippen molar-refractivity contribution in [1.29, 1.82) is 0 Å². The van der Waals surface area contributed by atoms with E-state index < -0.39 is 40.7 Å². The molecule has 1 aliphatic heterocycles. The second kappa shape index (κ2) is 9.01. The highest BCUT2D eigenvalue weighted by Gasteiger charge is 2.81. The number of rotatable bonds is 9. The van der Waals surface area contributed by atoms with Crippen molar-refractivity contribution in [1.82, 2.24) is 25.1 Å². The zero-order chi connectivity index (χ0) is 26.6. The number of nitrogens with zero attached hydrogens (tertiary/aromatic N) is 5. The van der Waals surface area contributed by atoms with E-state index in [0.29, 0.717) is 12.6 Å². The molecule has 1 unspecified atom stereocenters. The summed E-state index contributed by atoms with van der Waals surface area (Å²) in [6, 6.07) is 11.9. The fourth-order valence-corrected chi connectivity index (χ4v) is 6.93. The molecule has 4 aliphatic rings. The summed E-state index contributed by atoms with van der Waals surface area (Å²) in [5.41, 5.74) is -5.38. The lowest BCUT2D eigenvalue weighted by molar-refractivity contribution is -0.372. The molecule has 202 valence electrons. The van der Waals surface area contributed by atoms with Crippen LogP contribution < -0.4 is 4.74 Å². The van der Waals surface area contributed by atoms with E-state index in [1.807, 2.05) is 30.3 Å². The Balaban J connectivity index is 1.13. The Morgan fingerprint density at radius 1 is 1.03 bits per heavy atom. The van der Waals surface area contributed by atoms with Crippen molar-refractivity contribution < 1.29 is 27.4 Å². The molecule has 1 atom stereocenters. The van der Waals surface area contributed by atoms with Gasteiger partial charge in [0.1, 0.15) is 30.0 Å². The first-order chi connectivity index (χ1) is 18.1. The molecule has 3 saturated carbocycles. The lowest BCUT2D eigenvalue weighted by atomic mass is 9.32.